The minimum Gasteiger partial charge on any atom is -0.292 e. The van der Waals surface area contributed by atoms with Gasteiger partial charge in [-0.25, -0.2) is 5.01 Å². The number of halogens is 3. The number of carbonyl (C=O) groups excluding carboxylic acids is 4. The lowest BCUT2D eigenvalue weighted by molar-refractivity contribution is -0.384. The van der Waals surface area contributed by atoms with E-state index in [4.69, 9.17) is 11.6 Å². The van der Waals surface area contributed by atoms with Gasteiger partial charge in [0.15, 0.2) is 5.78 Å². The van der Waals surface area contributed by atoms with Crippen LogP contribution in [0.4, 0.5) is 5.69 Å². The Morgan fingerprint density at radius 3 is 2.22 bits per heavy atom. The SMILES string of the molecule is O=C(CN(C(=O)c1ccccc1Cl)N1C(=O)[C@@H]2[C@H]3C[C@@H]([C@@H](Br)[C@H]3Br)[C@H]2C1=O)c1cccc([N+](=O)[O-])c1. The molecule has 2 aliphatic carbocycles. The summed E-state index contributed by atoms with van der Waals surface area (Å²) < 4.78 is 0. The smallest absolute Gasteiger partial charge is 0.274 e. The minimum atomic E-state index is -0.792. The summed E-state index contributed by atoms with van der Waals surface area (Å²) in [6.45, 7) is -0.674. The second-order valence-corrected chi connectivity index (χ2v) is 11.6. The van der Waals surface area contributed by atoms with Crippen LogP contribution in [-0.4, -0.2) is 54.6 Å². The van der Waals surface area contributed by atoms with Gasteiger partial charge in [0.2, 0.25) is 0 Å². The zero-order valence-corrected chi connectivity index (χ0v) is 22.4. The predicted molar refractivity (Wildman–Crippen MR) is 136 cm³/mol. The van der Waals surface area contributed by atoms with Crippen LogP contribution in [0.25, 0.3) is 0 Å². The van der Waals surface area contributed by atoms with Crippen LogP contribution in [-0.2, 0) is 9.59 Å². The van der Waals surface area contributed by atoms with Crippen LogP contribution in [0.5, 0.6) is 0 Å². The third-order valence-corrected chi connectivity index (χ3v) is 10.8. The molecule has 2 aromatic rings. The molecule has 9 nitrogen and oxygen atoms in total. The number of amides is 3. The number of imide groups is 1. The molecular weight excluding hydrogens is 622 g/mol. The minimum absolute atomic E-state index is 0.000306. The van der Waals surface area contributed by atoms with E-state index in [0.717, 1.165) is 16.1 Å². The van der Waals surface area contributed by atoms with Crippen LogP contribution in [0.2, 0.25) is 5.02 Å². The Labute approximate surface area is 227 Å². The summed E-state index contributed by atoms with van der Waals surface area (Å²) in [4.78, 5) is 64.6. The van der Waals surface area contributed by atoms with E-state index in [1.807, 2.05) is 0 Å². The van der Waals surface area contributed by atoms with Crippen molar-refractivity contribution in [3.05, 3.63) is 74.8 Å². The average molecular weight is 640 g/mol. The lowest BCUT2D eigenvalue weighted by atomic mass is 9.81. The number of hydrazine groups is 1. The maximum absolute atomic E-state index is 13.6. The summed E-state index contributed by atoms with van der Waals surface area (Å²) in [6.07, 6.45) is 0.706. The molecule has 0 aromatic heterocycles. The summed E-state index contributed by atoms with van der Waals surface area (Å²) in [5.41, 5.74) is -0.305. The van der Waals surface area contributed by atoms with Crippen molar-refractivity contribution >= 4 is 72.7 Å². The molecule has 0 radical (unpaired) electrons. The van der Waals surface area contributed by atoms with Gasteiger partial charge in [0.05, 0.1) is 27.3 Å². The van der Waals surface area contributed by atoms with E-state index in [1.165, 1.54) is 30.3 Å². The zero-order valence-electron chi connectivity index (χ0n) is 18.4. The number of carbonyl (C=O) groups is 4. The number of fused-ring (bicyclic) bond motifs is 5. The van der Waals surface area contributed by atoms with Gasteiger partial charge < -0.3 is 0 Å². The molecule has 0 N–H and O–H groups in total. The Bertz CT molecular complexity index is 1290. The van der Waals surface area contributed by atoms with Gasteiger partial charge in [-0.3, -0.25) is 29.3 Å². The first-order valence-electron chi connectivity index (χ1n) is 11.1. The Balaban J connectivity index is 1.52. The molecule has 12 heteroatoms. The Kier molecular flexibility index (Phi) is 6.50. The summed E-state index contributed by atoms with van der Waals surface area (Å²) in [5, 5.41) is 12.9. The number of alkyl halides is 2. The van der Waals surface area contributed by atoms with E-state index < -0.39 is 46.8 Å². The van der Waals surface area contributed by atoms with Crippen molar-refractivity contribution in [1.82, 2.24) is 10.0 Å². The lowest BCUT2D eigenvalue weighted by Gasteiger charge is -2.31. The van der Waals surface area contributed by atoms with Crippen molar-refractivity contribution in [2.45, 2.75) is 16.1 Å². The highest BCUT2D eigenvalue weighted by atomic mass is 79.9. The lowest BCUT2D eigenvalue weighted by Crippen LogP contribution is -2.52. The van der Waals surface area contributed by atoms with E-state index in [2.05, 4.69) is 31.9 Å². The van der Waals surface area contributed by atoms with Crippen LogP contribution in [0, 0.1) is 33.8 Å². The number of non-ortho nitro benzene ring substituents is 1. The van der Waals surface area contributed by atoms with Crippen LogP contribution in [0.15, 0.2) is 48.5 Å². The molecule has 2 aromatic carbocycles. The molecule has 1 heterocycles. The Hall–Kier alpha value is -2.63. The van der Waals surface area contributed by atoms with Gasteiger partial charge in [-0.2, -0.15) is 5.01 Å². The van der Waals surface area contributed by atoms with Crippen LogP contribution in [0.3, 0.4) is 0 Å². The third kappa shape index (κ3) is 3.88. The monoisotopic (exact) mass is 637 g/mol. The van der Waals surface area contributed by atoms with Gasteiger partial charge in [-0.1, -0.05) is 67.7 Å². The van der Waals surface area contributed by atoms with Gasteiger partial charge in [-0.05, 0) is 30.4 Å². The van der Waals surface area contributed by atoms with E-state index in [0.29, 0.717) is 6.42 Å². The molecule has 3 amide bonds. The van der Waals surface area contributed by atoms with Crippen molar-refractivity contribution in [1.29, 1.82) is 0 Å². The van der Waals surface area contributed by atoms with Gasteiger partial charge in [-0.15, -0.1) is 0 Å². The number of Topliss-reactive ketones (excluding diaryl/α,β-unsaturated/α-hetero) is 1. The number of hydrogen-bond donors (Lipinski definition) is 0. The average Bonchev–Trinajstić information content (AvgIpc) is 3.47. The summed E-state index contributed by atoms with van der Waals surface area (Å²) in [7, 11) is 0. The van der Waals surface area contributed by atoms with Gasteiger partial charge in [0, 0.05) is 27.4 Å². The first kappa shape index (κ1) is 25.0. The van der Waals surface area contributed by atoms with E-state index in [1.54, 1.807) is 12.1 Å². The third-order valence-electron chi connectivity index (χ3n) is 7.22. The molecule has 3 aliphatic rings. The summed E-state index contributed by atoms with van der Waals surface area (Å²) >= 11 is 13.5. The van der Waals surface area contributed by atoms with Crippen molar-refractivity contribution in [3.63, 3.8) is 0 Å². The van der Waals surface area contributed by atoms with E-state index in [9.17, 15) is 29.3 Å². The number of rotatable bonds is 6. The Morgan fingerprint density at radius 2 is 1.64 bits per heavy atom. The van der Waals surface area contributed by atoms with Gasteiger partial charge in [0.1, 0.15) is 6.54 Å². The van der Waals surface area contributed by atoms with Crippen molar-refractivity contribution in [3.8, 4) is 0 Å². The molecular formula is C24H18Br2ClN3O6. The first-order valence-corrected chi connectivity index (χ1v) is 13.3. The maximum Gasteiger partial charge on any atom is 0.274 e. The van der Waals surface area contributed by atoms with Crippen LogP contribution in [0.1, 0.15) is 27.1 Å². The molecule has 186 valence electrons. The second kappa shape index (κ2) is 9.35. The summed E-state index contributed by atoms with van der Waals surface area (Å²) in [5.74, 6) is -3.91. The molecule has 5 rings (SSSR count). The van der Waals surface area contributed by atoms with Gasteiger partial charge in [0.25, 0.3) is 23.4 Å². The van der Waals surface area contributed by atoms with Gasteiger partial charge >= 0.3 is 0 Å². The van der Waals surface area contributed by atoms with E-state index >= 15 is 0 Å². The fourth-order valence-corrected chi connectivity index (χ4v) is 7.69. The topological polar surface area (TPSA) is 118 Å². The molecule has 36 heavy (non-hydrogen) atoms. The molecule has 2 saturated carbocycles. The zero-order chi connectivity index (χ0) is 25.9. The molecule has 0 unspecified atom stereocenters. The maximum atomic E-state index is 13.6. The Morgan fingerprint density at radius 1 is 1.03 bits per heavy atom. The highest BCUT2D eigenvalue weighted by molar-refractivity contribution is 9.12. The first-order chi connectivity index (χ1) is 17.1. The highest BCUT2D eigenvalue weighted by Gasteiger charge is 2.67. The number of nitro groups is 1. The number of nitro benzene ring substituents is 1. The fourth-order valence-electron chi connectivity index (χ4n) is 5.60. The number of benzene rings is 2. The number of nitrogens with zero attached hydrogens (tertiary/aromatic N) is 3. The molecule has 1 aliphatic heterocycles. The largest absolute Gasteiger partial charge is 0.292 e. The van der Waals surface area contributed by atoms with Crippen molar-refractivity contribution < 1.29 is 24.1 Å². The van der Waals surface area contributed by atoms with Crippen LogP contribution < -0.4 is 0 Å². The highest BCUT2D eigenvalue weighted by Crippen LogP contribution is 2.60. The number of hydrogen-bond acceptors (Lipinski definition) is 6. The molecule has 2 bridgehead atoms. The predicted octanol–water partition coefficient (Wildman–Crippen LogP) is 4.27. The fraction of sp³-hybridized carbons (Fsp3) is 0.333. The number of ketones is 1. The molecule has 6 atom stereocenters. The van der Waals surface area contributed by atoms with Crippen LogP contribution >= 0.6 is 43.5 Å². The summed E-state index contributed by atoms with van der Waals surface area (Å²) in [6, 6.07) is 11.2. The molecule has 3 fully saturated rings. The quantitative estimate of drug-likeness (QED) is 0.153. The second-order valence-electron chi connectivity index (χ2n) is 9.07. The van der Waals surface area contributed by atoms with Crippen molar-refractivity contribution in [2.24, 2.45) is 23.7 Å². The van der Waals surface area contributed by atoms with E-state index in [-0.39, 0.29) is 43.3 Å². The normalized spacial score (nSPS) is 28.4. The standard InChI is InChI=1S/C24H18Br2ClN3O6/c25-20-14-9-15(21(20)26)19-18(14)23(33)29(24(19)34)28(22(32)13-6-1-2-7-16(13)27)10-17(31)11-4-3-5-12(8-11)30(35)36/h1-8,14-15,18-21H,9-10H2/t14-,15-,18-,19-,20-,21+/m1/s1. The molecule has 0 spiro atoms. The van der Waals surface area contributed by atoms with Crippen molar-refractivity contribution in [2.75, 3.05) is 6.54 Å². The molecule has 1 saturated heterocycles.